The van der Waals surface area contributed by atoms with Gasteiger partial charge in [0.05, 0.1) is 12.8 Å². The Bertz CT molecular complexity index is 1120. The minimum Gasteiger partial charge on any atom is -0.467 e. The van der Waals surface area contributed by atoms with Crippen LogP contribution in [0.5, 0.6) is 0 Å². The summed E-state index contributed by atoms with van der Waals surface area (Å²) in [6, 6.07) is 22.1. The van der Waals surface area contributed by atoms with Crippen LogP contribution in [0.15, 0.2) is 75.8 Å². The van der Waals surface area contributed by atoms with E-state index >= 15 is 0 Å². The third-order valence-electron chi connectivity index (χ3n) is 4.72. The summed E-state index contributed by atoms with van der Waals surface area (Å²) in [6.45, 7) is 5.12. The van der Waals surface area contributed by atoms with E-state index in [1.165, 1.54) is 5.56 Å². The van der Waals surface area contributed by atoms with Crippen LogP contribution in [0.3, 0.4) is 0 Å². The fraction of sp³-hybridized carbons (Fsp3) is 0.167. The number of anilines is 1. The first-order valence-electron chi connectivity index (χ1n) is 9.43. The van der Waals surface area contributed by atoms with Crippen molar-refractivity contribution in [1.29, 1.82) is 5.26 Å². The van der Waals surface area contributed by atoms with Gasteiger partial charge in [0.1, 0.15) is 11.8 Å². The van der Waals surface area contributed by atoms with Gasteiger partial charge >= 0.3 is 0 Å². The molecule has 0 spiro atoms. The highest BCUT2D eigenvalue weighted by atomic mass is 16.4. The van der Waals surface area contributed by atoms with Crippen molar-refractivity contribution in [3.8, 4) is 17.5 Å². The zero-order chi connectivity index (χ0) is 20.2. The molecule has 2 heterocycles. The van der Waals surface area contributed by atoms with E-state index in [4.69, 9.17) is 8.83 Å². The molecular weight excluding hydrogens is 362 g/mol. The average molecular weight is 383 g/mol. The van der Waals surface area contributed by atoms with Gasteiger partial charge in [0.15, 0.2) is 0 Å². The number of aryl methyl sites for hydroxylation is 2. The second-order valence-corrected chi connectivity index (χ2v) is 7.07. The number of benzene rings is 2. The third kappa shape index (κ3) is 4.22. The highest BCUT2D eigenvalue weighted by Gasteiger charge is 2.22. The zero-order valence-electron chi connectivity index (χ0n) is 16.4. The van der Waals surface area contributed by atoms with Crippen molar-refractivity contribution in [1.82, 2.24) is 4.98 Å². The van der Waals surface area contributed by atoms with Crippen molar-refractivity contribution in [3.05, 3.63) is 95.1 Å². The summed E-state index contributed by atoms with van der Waals surface area (Å²) in [5.74, 6) is 1.67. The molecule has 0 aliphatic rings. The Morgan fingerprint density at radius 1 is 0.931 bits per heavy atom. The first-order valence-corrected chi connectivity index (χ1v) is 9.43. The summed E-state index contributed by atoms with van der Waals surface area (Å²) in [4.78, 5) is 6.41. The molecule has 0 saturated carbocycles. The first-order chi connectivity index (χ1) is 14.1. The second kappa shape index (κ2) is 8.07. The maximum atomic E-state index is 9.68. The van der Waals surface area contributed by atoms with Crippen LogP contribution in [-0.2, 0) is 13.1 Å². The molecule has 144 valence electrons. The van der Waals surface area contributed by atoms with Crippen LogP contribution >= 0.6 is 0 Å². The lowest BCUT2D eigenvalue weighted by Gasteiger charge is -2.21. The Morgan fingerprint density at radius 2 is 1.62 bits per heavy atom. The lowest BCUT2D eigenvalue weighted by atomic mass is 10.1. The Labute approximate surface area is 169 Å². The standard InChI is InChI=1S/C24H21N3O2/c1-17-5-9-19(10-6-17)15-27(16-21-4-3-13-28-21)24-22(14-25)26-23(29-24)20-11-7-18(2)8-12-20/h3-13H,15-16H2,1-2H3. The molecule has 0 bridgehead atoms. The van der Waals surface area contributed by atoms with Crippen LogP contribution in [-0.4, -0.2) is 4.98 Å². The van der Waals surface area contributed by atoms with Crippen molar-refractivity contribution in [3.63, 3.8) is 0 Å². The number of nitrogens with zero attached hydrogens (tertiary/aromatic N) is 3. The van der Waals surface area contributed by atoms with E-state index in [0.717, 1.165) is 22.5 Å². The fourth-order valence-corrected chi connectivity index (χ4v) is 3.12. The molecule has 0 aliphatic heterocycles. The SMILES string of the molecule is Cc1ccc(CN(Cc2ccco2)c2oc(-c3ccc(C)cc3)nc2C#N)cc1. The van der Waals surface area contributed by atoms with E-state index in [9.17, 15) is 5.26 Å². The molecule has 2 aromatic heterocycles. The molecule has 29 heavy (non-hydrogen) atoms. The molecule has 0 fully saturated rings. The third-order valence-corrected chi connectivity index (χ3v) is 4.72. The van der Waals surface area contributed by atoms with Gasteiger partial charge in [0.2, 0.25) is 17.5 Å². The van der Waals surface area contributed by atoms with Gasteiger partial charge in [0, 0.05) is 12.1 Å². The van der Waals surface area contributed by atoms with Crippen LogP contribution in [0.25, 0.3) is 11.5 Å². The highest BCUT2D eigenvalue weighted by Crippen LogP contribution is 2.30. The van der Waals surface area contributed by atoms with Crippen molar-refractivity contribution in [2.45, 2.75) is 26.9 Å². The van der Waals surface area contributed by atoms with E-state index in [0.29, 0.717) is 24.9 Å². The number of oxazole rings is 1. The molecule has 0 N–H and O–H groups in total. The molecular formula is C24H21N3O2. The average Bonchev–Trinajstić information content (AvgIpc) is 3.39. The fourth-order valence-electron chi connectivity index (χ4n) is 3.12. The minimum absolute atomic E-state index is 0.263. The normalized spacial score (nSPS) is 10.7. The Kier molecular flexibility index (Phi) is 5.17. The number of aromatic nitrogens is 1. The second-order valence-electron chi connectivity index (χ2n) is 7.07. The molecule has 0 aliphatic carbocycles. The molecule has 0 saturated heterocycles. The number of rotatable bonds is 6. The van der Waals surface area contributed by atoms with Crippen molar-refractivity contribution >= 4 is 5.88 Å². The molecule has 0 amide bonds. The summed E-state index contributed by atoms with van der Waals surface area (Å²) in [7, 11) is 0. The molecule has 4 aromatic rings. The first kappa shape index (κ1) is 18.6. The lowest BCUT2D eigenvalue weighted by Crippen LogP contribution is -2.22. The van der Waals surface area contributed by atoms with Crippen LogP contribution in [0.4, 0.5) is 5.88 Å². The number of nitriles is 1. The van der Waals surface area contributed by atoms with Crippen LogP contribution in [0.2, 0.25) is 0 Å². The van der Waals surface area contributed by atoms with Crippen molar-refractivity contribution in [2.24, 2.45) is 0 Å². The van der Waals surface area contributed by atoms with E-state index in [1.54, 1.807) is 6.26 Å². The topological polar surface area (TPSA) is 66.2 Å². The maximum absolute atomic E-state index is 9.68. The van der Waals surface area contributed by atoms with Gasteiger partial charge in [-0.05, 0) is 43.7 Å². The van der Waals surface area contributed by atoms with Gasteiger partial charge in [-0.25, -0.2) is 0 Å². The molecule has 4 rings (SSSR count). The van der Waals surface area contributed by atoms with Crippen LogP contribution in [0, 0.1) is 25.2 Å². The van der Waals surface area contributed by atoms with Gasteiger partial charge in [0.25, 0.3) is 0 Å². The van der Waals surface area contributed by atoms with Gasteiger partial charge < -0.3 is 13.7 Å². The molecule has 0 unspecified atom stereocenters. The quantitative estimate of drug-likeness (QED) is 0.432. The van der Waals surface area contributed by atoms with Crippen LogP contribution < -0.4 is 4.90 Å². The molecule has 0 radical (unpaired) electrons. The number of hydrogen-bond acceptors (Lipinski definition) is 5. The Morgan fingerprint density at radius 3 is 2.24 bits per heavy atom. The predicted molar refractivity (Wildman–Crippen MR) is 111 cm³/mol. The summed E-state index contributed by atoms with van der Waals surface area (Å²) in [6.07, 6.45) is 1.64. The van der Waals surface area contributed by atoms with E-state index in [2.05, 4.69) is 42.2 Å². The molecule has 2 aromatic carbocycles. The van der Waals surface area contributed by atoms with Gasteiger partial charge in [-0.1, -0.05) is 47.5 Å². The maximum Gasteiger partial charge on any atom is 0.235 e. The molecule has 5 nitrogen and oxygen atoms in total. The summed E-state index contributed by atoms with van der Waals surface area (Å²) in [5.41, 5.74) is 4.57. The summed E-state index contributed by atoms with van der Waals surface area (Å²) >= 11 is 0. The van der Waals surface area contributed by atoms with E-state index in [-0.39, 0.29) is 5.69 Å². The number of furan rings is 1. The van der Waals surface area contributed by atoms with Crippen molar-refractivity contribution in [2.75, 3.05) is 4.90 Å². The molecule has 0 atom stereocenters. The summed E-state index contributed by atoms with van der Waals surface area (Å²) in [5, 5.41) is 9.68. The van der Waals surface area contributed by atoms with Crippen LogP contribution in [0.1, 0.15) is 28.1 Å². The zero-order valence-corrected chi connectivity index (χ0v) is 16.4. The summed E-state index contributed by atoms with van der Waals surface area (Å²) < 4.78 is 11.6. The van der Waals surface area contributed by atoms with Gasteiger partial charge in [-0.3, -0.25) is 0 Å². The monoisotopic (exact) mass is 383 g/mol. The minimum atomic E-state index is 0.263. The lowest BCUT2D eigenvalue weighted by molar-refractivity contribution is 0.483. The van der Waals surface area contributed by atoms with Crippen molar-refractivity contribution < 1.29 is 8.83 Å². The number of hydrogen-bond donors (Lipinski definition) is 0. The Hall–Kier alpha value is -3.78. The Balaban J connectivity index is 1.71. The van der Waals surface area contributed by atoms with E-state index in [1.807, 2.05) is 48.2 Å². The largest absolute Gasteiger partial charge is 0.467 e. The highest BCUT2D eigenvalue weighted by molar-refractivity contribution is 5.60. The molecule has 5 heteroatoms. The van der Waals surface area contributed by atoms with E-state index < -0.39 is 0 Å². The predicted octanol–water partition coefficient (Wildman–Crippen LogP) is 5.63. The smallest absolute Gasteiger partial charge is 0.235 e. The van der Waals surface area contributed by atoms with Gasteiger partial charge in [-0.15, -0.1) is 0 Å². The van der Waals surface area contributed by atoms with Gasteiger partial charge in [-0.2, -0.15) is 10.2 Å².